The number of alkyl halides is 3. The molecule has 5 nitrogen and oxygen atoms in total. The van der Waals surface area contributed by atoms with Crippen LogP contribution in [0.15, 0.2) is 48.5 Å². The van der Waals surface area contributed by atoms with Gasteiger partial charge < -0.3 is 14.5 Å². The van der Waals surface area contributed by atoms with Crippen molar-refractivity contribution in [3.63, 3.8) is 0 Å². The summed E-state index contributed by atoms with van der Waals surface area (Å²) < 4.78 is 43.8. The Balaban J connectivity index is 1.47. The van der Waals surface area contributed by atoms with Gasteiger partial charge >= 0.3 is 6.18 Å². The van der Waals surface area contributed by atoms with Gasteiger partial charge in [-0.1, -0.05) is 12.1 Å². The van der Waals surface area contributed by atoms with Crippen molar-refractivity contribution >= 4 is 23.6 Å². The first-order valence-corrected chi connectivity index (χ1v) is 11.3. The SMILES string of the molecule is COc1ccccc1C(=O)N1CCC2(CC1)SCCN2C(=O)c1ccc(C(F)(F)F)cc1. The van der Waals surface area contributed by atoms with Gasteiger partial charge in [-0.05, 0) is 49.2 Å². The molecule has 2 aliphatic rings. The summed E-state index contributed by atoms with van der Waals surface area (Å²) in [5.74, 6) is 0.897. The third-order valence-corrected chi connectivity index (χ3v) is 7.60. The van der Waals surface area contributed by atoms with Gasteiger partial charge in [0.2, 0.25) is 0 Å². The second-order valence-electron chi connectivity index (χ2n) is 7.82. The van der Waals surface area contributed by atoms with Crippen LogP contribution in [0.4, 0.5) is 13.2 Å². The van der Waals surface area contributed by atoms with Crippen LogP contribution in [0, 0.1) is 0 Å². The number of carbonyl (C=O) groups is 2. The molecule has 32 heavy (non-hydrogen) atoms. The van der Waals surface area contributed by atoms with Crippen molar-refractivity contribution in [3.05, 3.63) is 65.2 Å². The minimum atomic E-state index is -4.44. The topological polar surface area (TPSA) is 49.9 Å². The molecule has 2 aromatic rings. The second kappa shape index (κ2) is 8.69. The quantitative estimate of drug-likeness (QED) is 0.670. The molecule has 0 atom stereocenters. The molecule has 2 heterocycles. The van der Waals surface area contributed by atoms with Gasteiger partial charge in [0.25, 0.3) is 11.8 Å². The summed E-state index contributed by atoms with van der Waals surface area (Å²) in [6.45, 7) is 1.51. The summed E-state index contributed by atoms with van der Waals surface area (Å²) in [5.41, 5.74) is -0.0298. The van der Waals surface area contributed by atoms with Crippen LogP contribution in [0.3, 0.4) is 0 Å². The first-order valence-electron chi connectivity index (χ1n) is 10.3. The van der Waals surface area contributed by atoms with E-state index in [0.717, 1.165) is 17.9 Å². The molecule has 1 spiro atoms. The highest BCUT2D eigenvalue weighted by molar-refractivity contribution is 8.00. The van der Waals surface area contributed by atoms with Crippen molar-refractivity contribution in [2.75, 3.05) is 32.5 Å². The summed E-state index contributed by atoms with van der Waals surface area (Å²) in [6.07, 6.45) is -3.23. The minimum absolute atomic E-state index is 0.110. The van der Waals surface area contributed by atoms with Gasteiger partial charge in [0.1, 0.15) is 5.75 Å². The molecule has 0 unspecified atom stereocenters. The second-order valence-corrected chi connectivity index (χ2v) is 9.28. The van der Waals surface area contributed by atoms with Crippen molar-refractivity contribution in [2.24, 2.45) is 0 Å². The third kappa shape index (κ3) is 4.18. The standard InChI is InChI=1S/C23H23F3N2O3S/c1-31-19-5-3-2-4-18(19)21(30)27-12-10-22(11-13-27)28(14-15-32-22)20(29)16-6-8-17(9-7-16)23(24,25)26/h2-9H,10-15H2,1H3. The normalized spacial score (nSPS) is 18.1. The number of likely N-dealkylation sites (tertiary alicyclic amines) is 1. The number of benzene rings is 2. The van der Waals surface area contributed by atoms with Crippen molar-refractivity contribution in [1.82, 2.24) is 9.80 Å². The average Bonchev–Trinajstić information content (AvgIpc) is 3.21. The lowest BCUT2D eigenvalue weighted by Crippen LogP contribution is -2.53. The maximum absolute atomic E-state index is 13.1. The number of hydrogen-bond acceptors (Lipinski definition) is 4. The lowest BCUT2D eigenvalue weighted by atomic mass is 9.99. The van der Waals surface area contributed by atoms with E-state index >= 15 is 0 Å². The molecule has 170 valence electrons. The van der Waals surface area contributed by atoms with Crippen molar-refractivity contribution in [2.45, 2.75) is 23.9 Å². The number of ether oxygens (including phenoxy) is 1. The van der Waals surface area contributed by atoms with Crippen LogP contribution in [0.5, 0.6) is 5.75 Å². The Bertz CT molecular complexity index is 1000. The number of carbonyl (C=O) groups excluding carboxylic acids is 2. The number of para-hydroxylation sites is 1. The van der Waals surface area contributed by atoms with Crippen LogP contribution >= 0.6 is 11.8 Å². The maximum Gasteiger partial charge on any atom is 0.416 e. The molecule has 2 aliphatic heterocycles. The number of rotatable bonds is 3. The molecule has 0 aromatic heterocycles. The molecule has 0 radical (unpaired) electrons. The van der Waals surface area contributed by atoms with E-state index in [9.17, 15) is 22.8 Å². The molecule has 2 aromatic carbocycles. The van der Waals surface area contributed by atoms with E-state index in [2.05, 4.69) is 0 Å². The molecule has 4 rings (SSSR count). The van der Waals surface area contributed by atoms with Crippen molar-refractivity contribution in [3.8, 4) is 5.75 Å². The summed E-state index contributed by atoms with van der Waals surface area (Å²) >= 11 is 1.68. The zero-order chi connectivity index (χ0) is 22.9. The van der Waals surface area contributed by atoms with E-state index in [1.165, 1.54) is 19.2 Å². The Kier molecular flexibility index (Phi) is 6.11. The zero-order valence-corrected chi connectivity index (χ0v) is 18.3. The summed E-state index contributed by atoms with van der Waals surface area (Å²) in [4.78, 5) is 29.2. The monoisotopic (exact) mass is 464 g/mol. The van der Waals surface area contributed by atoms with Crippen LogP contribution < -0.4 is 4.74 Å². The van der Waals surface area contributed by atoms with Crippen LogP contribution in [0.1, 0.15) is 39.1 Å². The van der Waals surface area contributed by atoms with Gasteiger partial charge in [0, 0.05) is 31.0 Å². The van der Waals surface area contributed by atoms with E-state index in [0.29, 0.717) is 43.8 Å². The Morgan fingerprint density at radius 1 is 0.969 bits per heavy atom. The molecule has 2 fully saturated rings. The molecule has 9 heteroatoms. The van der Waals surface area contributed by atoms with Gasteiger partial charge in [0.05, 0.1) is 23.1 Å². The third-order valence-electron chi connectivity index (χ3n) is 6.05. The molecule has 0 N–H and O–H groups in total. The van der Waals surface area contributed by atoms with E-state index in [1.807, 2.05) is 0 Å². The molecule has 2 saturated heterocycles. The highest BCUT2D eigenvalue weighted by Crippen LogP contribution is 2.45. The Hall–Kier alpha value is -2.68. The Morgan fingerprint density at radius 3 is 2.25 bits per heavy atom. The lowest BCUT2D eigenvalue weighted by Gasteiger charge is -2.44. The van der Waals surface area contributed by atoms with Gasteiger partial charge in [-0.25, -0.2) is 0 Å². The van der Waals surface area contributed by atoms with E-state index in [4.69, 9.17) is 4.74 Å². The highest BCUT2D eigenvalue weighted by atomic mass is 32.2. The van der Waals surface area contributed by atoms with Crippen molar-refractivity contribution in [1.29, 1.82) is 0 Å². The summed E-state index contributed by atoms with van der Waals surface area (Å²) in [7, 11) is 1.53. The zero-order valence-electron chi connectivity index (χ0n) is 17.5. The van der Waals surface area contributed by atoms with E-state index < -0.39 is 16.6 Å². The lowest BCUT2D eigenvalue weighted by molar-refractivity contribution is -0.137. The molecular weight excluding hydrogens is 441 g/mol. The molecule has 0 aliphatic carbocycles. The fourth-order valence-electron chi connectivity index (χ4n) is 4.32. The van der Waals surface area contributed by atoms with Gasteiger partial charge in [-0.2, -0.15) is 13.2 Å². The fourth-order valence-corrected chi connectivity index (χ4v) is 5.77. The Labute approximate surface area is 188 Å². The highest BCUT2D eigenvalue weighted by Gasteiger charge is 2.47. The first kappa shape index (κ1) is 22.5. The van der Waals surface area contributed by atoms with Gasteiger partial charge in [-0.15, -0.1) is 11.8 Å². The number of amides is 2. The summed E-state index contributed by atoms with van der Waals surface area (Å²) in [6, 6.07) is 11.4. The van der Waals surface area contributed by atoms with Crippen molar-refractivity contribution < 1.29 is 27.5 Å². The van der Waals surface area contributed by atoms with Crippen LogP contribution in [0.2, 0.25) is 0 Å². The number of piperidine rings is 1. The number of hydrogen-bond donors (Lipinski definition) is 0. The van der Waals surface area contributed by atoms with E-state index in [-0.39, 0.29) is 17.4 Å². The maximum atomic E-state index is 13.1. The largest absolute Gasteiger partial charge is 0.496 e. The van der Waals surface area contributed by atoms with Crippen LogP contribution in [-0.4, -0.2) is 59.0 Å². The number of thioether (sulfide) groups is 1. The van der Waals surface area contributed by atoms with Gasteiger partial charge in [-0.3, -0.25) is 9.59 Å². The molecular formula is C23H23F3N2O3S. The molecule has 0 saturated carbocycles. The van der Waals surface area contributed by atoms with E-state index in [1.54, 1.807) is 45.8 Å². The predicted octanol–water partition coefficient (Wildman–Crippen LogP) is 4.54. The average molecular weight is 465 g/mol. The fraction of sp³-hybridized carbons (Fsp3) is 0.391. The number of methoxy groups -OCH3 is 1. The minimum Gasteiger partial charge on any atom is -0.496 e. The number of halogens is 3. The van der Waals surface area contributed by atoms with Crippen LogP contribution in [0.25, 0.3) is 0 Å². The van der Waals surface area contributed by atoms with Gasteiger partial charge in [0.15, 0.2) is 0 Å². The summed E-state index contributed by atoms with van der Waals surface area (Å²) in [5, 5.41) is 0. The first-order chi connectivity index (χ1) is 15.2. The predicted molar refractivity (Wildman–Crippen MR) is 116 cm³/mol. The molecule has 2 amide bonds. The Morgan fingerprint density at radius 2 is 1.62 bits per heavy atom. The molecule has 0 bridgehead atoms. The van der Waals surface area contributed by atoms with Crippen LogP contribution in [-0.2, 0) is 6.18 Å². The number of nitrogens with zero attached hydrogens (tertiary/aromatic N) is 2. The smallest absolute Gasteiger partial charge is 0.416 e.